The maximum Gasteiger partial charge on any atom is 0.412 e. The van der Waals surface area contributed by atoms with Crippen LogP contribution in [0.1, 0.15) is 32.8 Å². The molecule has 6 heteroatoms. The number of carboxylic acids is 1. The zero-order valence-electron chi connectivity index (χ0n) is 12.3. The molecular formula is C15H19NO5. The van der Waals surface area contributed by atoms with Crippen molar-refractivity contribution in [3.05, 3.63) is 23.8 Å². The molecule has 0 aliphatic carbocycles. The summed E-state index contributed by atoms with van der Waals surface area (Å²) in [6.07, 6.45) is -0.321. The summed E-state index contributed by atoms with van der Waals surface area (Å²) in [7, 11) is 0. The van der Waals surface area contributed by atoms with Gasteiger partial charge in [0.1, 0.15) is 11.4 Å². The van der Waals surface area contributed by atoms with E-state index in [9.17, 15) is 9.59 Å². The van der Waals surface area contributed by atoms with Crippen molar-refractivity contribution < 1.29 is 24.2 Å². The Kier molecular flexibility index (Phi) is 4.06. The average Bonchev–Trinajstić information content (AvgIpc) is 2.35. The van der Waals surface area contributed by atoms with Gasteiger partial charge in [0, 0.05) is 5.69 Å². The van der Waals surface area contributed by atoms with E-state index in [0.717, 1.165) is 5.56 Å². The zero-order valence-corrected chi connectivity index (χ0v) is 12.3. The molecule has 0 spiro atoms. The number of carbonyl (C=O) groups is 2. The number of ether oxygens (including phenoxy) is 2. The normalized spacial score (nSPS) is 17.4. The van der Waals surface area contributed by atoms with Crippen molar-refractivity contribution in [1.29, 1.82) is 0 Å². The van der Waals surface area contributed by atoms with E-state index in [-0.39, 0.29) is 0 Å². The molecule has 1 amide bonds. The highest BCUT2D eigenvalue weighted by Gasteiger charge is 2.26. The van der Waals surface area contributed by atoms with Gasteiger partial charge >= 0.3 is 12.1 Å². The lowest BCUT2D eigenvalue weighted by atomic mass is 10.0. The number of anilines is 1. The first kappa shape index (κ1) is 15.2. The molecular weight excluding hydrogens is 274 g/mol. The van der Waals surface area contributed by atoms with E-state index in [2.05, 4.69) is 5.32 Å². The van der Waals surface area contributed by atoms with Crippen LogP contribution in [0.2, 0.25) is 0 Å². The predicted molar refractivity (Wildman–Crippen MR) is 76.7 cm³/mol. The third kappa shape index (κ3) is 4.11. The van der Waals surface area contributed by atoms with Crippen LogP contribution < -0.4 is 10.1 Å². The Bertz CT molecular complexity index is 562. The van der Waals surface area contributed by atoms with Crippen molar-refractivity contribution in [2.24, 2.45) is 0 Å². The Morgan fingerprint density at radius 2 is 2.10 bits per heavy atom. The molecule has 0 aromatic heterocycles. The number of aliphatic carboxylic acids is 1. The van der Waals surface area contributed by atoms with Gasteiger partial charge in [0.05, 0.1) is 0 Å². The van der Waals surface area contributed by atoms with Crippen LogP contribution in [0.5, 0.6) is 5.75 Å². The van der Waals surface area contributed by atoms with Gasteiger partial charge in [-0.2, -0.15) is 0 Å². The van der Waals surface area contributed by atoms with Crippen LogP contribution >= 0.6 is 0 Å². The van der Waals surface area contributed by atoms with E-state index in [1.807, 2.05) is 0 Å². The fourth-order valence-corrected chi connectivity index (χ4v) is 2.06. The molecule has 0 radical (unpaired) electrons. The van der Waals surface area contributed by atoms with Gasteiger partial charge in [0.15, 0.2) is 6.10 Å². The third-order valence-corrected chi connectivity index (χ3v) is 2.93. The van der Waals surface area contributed by atoms with E-state index in [4.69, 9.17) is 14.6 Å². The number of rotatable bonds is 2. The molecule has 1 aromatic carbocycles. The first-order chi connectivity index (χ1) is 9.74. The number of carboxylic acid groups (broad SMARTS) is 1. The van der Waals surface area contributed by atoms with Crippen molar-refractivity contribution in [3.8, 4) is 5.75 Å². The van der Waals surface area contributed by atoms with Gasteiger partial charge in [-0.15, -0.1) is 0 Å². The van der Waals surface area contributed by atoms with Gasteiger partial charge in [0.2, 0.25) is 0 Å². The van der Waals surface area contributed by atoms with Crippen LogP contribution in [0.25, 0.3) is 0 Å². The van der Waals surface area contributed by atoms with E-state index in [0.29, 0.717) is 24.3 Å². The molecule has 0 saturated heterocycles. The SMILES string of the molecule is CC(C)(C)OC(=O)Nc1ccc2c(c1)CCC(C(=O)O)O2. The van der Waals surface area contributed by atoms with Gasteiger partial charge in [0.25, 0.3) is 0 Å². The largest absolute Gasteiger partial charge is 0.479 e. The minimum Gasteiger partial charge on any atom is -0.479 e. The van der Waals surface area contributed by atoms with Crippen LogP contribution in [0, 0.1) is 0 Å². The van der Waals surface area contributed by atoms with Gasteiger partial charge < -0.3 is 14.6 Å². The number of amides is 1. The van der Waals surface area contributed by atoms with Crippen molar-refractivity contribution in [2.75, 3.05) is 5.32 Å². The Labute approximate surface area is 123 Å². The number of fused-ring (bicyclic) bond motifs is 1. The van der Waals surface area contributed by atoms with E-state index >= 15 is 0 Å². The average molecular weight is 293 g/mol. The molecule has 2 rings (SSSR count). The minimum absolute atomic E-state index is 0.415. The highest BCUT2D eigenvalue weighted by Crippen LogP contribution is 2.30. The molecule has 0 fully saturated rings. The molecule has 1 atom stereocenters. The molecule has 1 heterocycles. The standard InChI is InChI=1S/C15H19NO5/c1-15(2,3)21-14(19)16-10-5-7-11-9(8-10)4-6-12(20-11)13(17)18/h5,7-8,12H,4,6H2,1-3H3,(H,16,19)(H,17,18). The molecule has 1 aromatic rings. The van der Waals surface area contributed by atoms with E-state index in [1.54, 1.807) is 39.0 Å². The summed E-state index contributed by atoms with van der Waals surface area (Å²) in [4.78, 5) is 22.6. The smallest absolute Gasteiger partial charge is 0.412 e. The number of hydrogen-bond donors (Lipinski definition) is 2. The predicted octanol–water partition coefficient (Wildman–Crippen LogP) is 2.81. The van der Waals surface area contributed by atoms with Crippen LogP contribution in [0.15, 0.2) is 18.2 Å². The lowest BCUT2D eigenvalue weighted by Crippen LogP contribution is -2.31. The van der Waals surface area contributed by atoms with Gasteiger partial charge in [-0.05, 0) is 57.4 Å². The van der Waals surface area contributed by atoms with Gasteiger partial charge in [-0.3, -0.25) is 5.32 Å². The molecule has 114 valence electrons. The van der Waals surface area contributed by atoms with Gasteiger partial charge in [-0.1, -0.05) is 0 Å². The maximum atomic E-state index is 11.7. The fourth-order valence-electron chi connectivity index (χ4n) is 2.06. The van der Waals surface area contributed by atoms with Crippen molar-refractivity contribution in [2.45, 2.75) is 45.3 Å². The second kappa shape index (κ2) is 5.63. The second-order valence-electron chi connectivity index (χ2n) is 5.93. The molecule has 6 nitrogen and oxygen atoms in total. The number of carbonyl (C=O) groups excluding carboxylic acids is 1. The molecule has 0 saturated carbocycles. The topological polar surface area (TPSA) is 84.9 Å². The first-order valence-electron chi connectivity index (χ1n) is 6.77. The monoisotopic (exact) mass is 293 g/mol. The summed E-state index contributed by atoms with van der Waals surface area (Å²) in [6, 6.07) is 5.10. The van der Waals surface area contributed by atoms with Gasteiger partial charge in [-0.25, -0.2) is 9.59 Å². The maximum absolute atomic E-state index is 11.7. The van der Waals surface area contributed by atoms with Crippen LogP contribution in [0.4, 0.5) is 10.5 Å². The lowest BCUT2D eigenvalue weighted by molar-refractivity contribution is -0.145. The Hall–Kier alpha value is -2.24. The zero-order chi connectivity index (χ0) is 15.6. The van der Waals surface area contributed by atoms with E-state index < -0.39 is 23.8 Å². The number of hydrogen-bond acceptors (Lipinski definition) is 4. The molecule has 0 bridgehead atoms. The van der Waals surface area contributed by atoms with Crippen molar-refractivity contribution >= 4 is 17.7 Å². The highest BCUT2D eigenvalue weighted by molar-refractivity contribution is 5.85. The van der Waals surface area contributed by atoms with Crippen molar-refractivity contribution in [3.63, 3.8) is 0 Å². The molecule has 1 unspecified atom stereocenters. The first-order valence-corrected chi connectivity index (χ1v) is 6.77. The Balaban J connectivity index is 2.05. The Morgan fingerprint density at radius 1 is 1.38 bits per heavy atom. The summed E-state index contributed by atoms with van der Waals surface area (Å²) < 4.78 is 10.6. The summed E-state index contributed by atoms with van der Waals surface area (Å²) >= 11 is 0. The van der Waals surface area contributed by atoms with Crippen LogP contribution in [0.3, 0.4) is 0 Å². The summed E-state index contributed by atoms with van der Waals surface area (Å²) in [6.45, 7) is 5.37. The summed E-state index contributed by atoms with van der Waals surface area (Å²) in [5.41, 5.74) is 0.914. The number of nitrogens with one attached hydrogen (secondary N) is 1. The van der Waals surface area contributed by atoms with Crippen molar-refractivity contribution in [1.82, 2.24) is 0 Å². The van der Waals surface area contributed by atoms with Crippen LogP contribution in [-0.2, 0) is 16.0 Å². The van der Waals surface area contributed by atoms with Crippen LogP contribution in [-0.4, -0.2) is 28.9 Å². The molecule has 1 aliphatic heterocycles. The van der Waals surface area contributed by atoms with E-state index in [1.165, 1.54) is 0 Å². The number of aryl methyl sites for hydroxylation is 1. The lowest BCUT2D eigenvalue weighted by Gasteiger charge is -2.24. The molecule has 21 heavy (non-hydrogen) atoms. The third-order valence-electron chi connectivity index (χ3n) is 2.93. The fraction of sp³-hybridized carbons (Fsp3) is 0.467. The molecule has 1 aliphatic rings. The highest BCUT2D eigenvalue weighted by atomic mass is 16.6. The minimum atomic E-state index is -0.961. The summed E-state index contributed by atoms with van der Waals surface area (Å²) in [5.74, 6) is -0.417. The second-order valence-corrected chi connectivity index (χ2v) is 5.93. The quantitative estimate of drug-likeness (QED) is 0.875. The molecule has 2 N–H and O–H groups in total. The number of benzene rings is 1. The summed E-state index contributed by atoms with van der Waals surface area (Å²) in [5, 5.41) is 11.6. The Morgan fingerprint density at radius 3 is 2.71 bits per heavy atom.